The van der Waals surface area contributed by atoms with Crippen LogP contribution in [0.15, 0.2) is 48.5 Å². The van der Waals surface area contributed by atoms with Crippen LogP contribution in [0.2, 0.25) is 0 Å². The van der Waals surface area contributed by atoms with Crippen molar-refractivity contribution in [2.45, 2.75) is 6.10 Å². The number of anilines is 1. The summed E-state index contributed by atoms with van der Waals surface area (Å²) in [4.78, 5) is 38.2. The van der Waals surface area contributed by atoms with E-state index in [0.717, 1.165) is 3.57 Å². The molecule has 1 atom stereocenters. The highest BCUT2D eigenvalue weighted by Crippen LogP contribution is 2.33. The second-order valence-electron chi connectivity index (χ2n) is 5.78. The molecule has 3 rings (SSSR count). The molecule has 27 heavy (non-hydrogen) atoms. The second kappa shape index (κ2) is 8.38. The Hall–Kier alpha value is -2.62. The van der Waals surface area contributed by atoms with Crippen molar-refractivity contribution in [3.8, 4) is 5.75 Å². The van der Waals surface area contributed by atoms with Gasteiger partial charge in [-0.25, -0.2) is 4.79 Å². The molecule has 1 aliphatic heterocycles. The standard InChI is InChI=1S/C19H17IN2O5/c1-21-18(24)16-10-22(14-4-2-3-5-15(14)27-16)17(23)11-26-19(25)12-6-8-13(20)9-7-12/h2-9,16H,10-11H2,1H3,(H,21,24). The van der Waals surface area contributed by atoms with E-state index in [9.17, 15) is 14.4 Å². The summed E-state index contributed by atoms with van der Waals surface area (Å²) in [5, 5.41) is 2.51. The summed E-state index contributed by atoms with van der Waals surface area (Å²) in [6, 6.07) is 13.8. The zero-order valence-electron chi connectivity index (χ0n) is 14.5. The fraction of sp³-hybridized carbons (Fsp3) is 0.211. The lowest BCUT2D eigenvalue weighted by Crippen LogP contribution is -2.51. The minimum Gasteiger partial charge on any atom is -0.477 e. The largest absolute Gasteiger partial charge is 0.477 e. The highest BCUT2D eigenvalue weighted by atomic mass is 127. The first-order chi connectivity index (χ1) is 13.0. The van der Waals surface area contributed by atoms with Crippen LogP contribution in [0.25, 0.3) is 0 Å². The molecule has 0 spiro atoms. The summed E-state index contributed by atoms with van der Waals surface area (Å²) < 4.78 is 11.8. The van der Waals surface area contributed by atoms with Gasteiger partial charge in [0.15, 0.2) is 12.7 Å². The SMILES string of the molecule is CNC(=O)C1CN(C(=O)COC(=O)c2ccc(I)cc2)c2ccccc2O1. The quantitative estimate of drug-likeness (QED) is 0.535. The van der Waals surface area contributed by atoms with Crippen molar-refractivity contribution in [3.05, 3.63) is 57.7 Å². The maximum atomic E-state index is 12.7. The van der Waals surface area contributed by atoms with Crippen LogP contribution >= 0.6 is 22.6 Å². The van der Waals surface area contributed by atoms with E-state index in [0.29, 0.717) is 17.0 Å². The number of nitrogens with one attached hydrogen (secondary N) is 1. The molecule has 0 aliphatic carbocycles. The Morgan fingerprint density at radius 1 is 1.19 bits per heavy atom. The Morgan fingerprint density at radius 3 is 2.59 bits per heavy atom. The number of hydrogen-bond acceptors (Lipinski definition) is 5. The van der Waals surface area contributed by atoms with Crippen molar-refractivity contribution in [3.63, 3.8) is 0 Å². The lowest BCUT2D eigenvalue weighted by atomic mass is 10.1. The van der Waals surface area contributed by atoms with Crippen molar-refractivity contribution in [2.24, 2.45) is 0 Å². The van der Waals surface area contributed by atoms with Gasteiger partial charge in [-0.15, -0.1) is 0 Å². The molecule has 0 fully saturated rings. The number of carbonyl (C=O) groups excluding carboxylic acids is 3. The molecule has 0 saturated carbocycles. The van der Waals surface area contributed by atoms with E-state index in [4.69, 9.17) is 9.47 Å². The Bertz CT molecular complexity index is 869. The Morgan fingerprint density at radius 2 is 1.89 bits per heavy atom. The molecule has 0 bridgehead atoms. The number of para-hydroxylation sites is 2. The van der Waals surface area contributed by atoms with Crippen molar-refractivity contribution in [2.75, 3.05) is 25.1 Å². The molecule has 1 heterocycles. The number of likely N-dealkylation sites (N-methyl/N-ethyl adjacent to an activating group) is 1. The van der Waals surface area contributed by atoms with E-state index in [2.05, 4.69) is 27.9 Å². The third kappa shape index (κ3) is 4.38. The molecule has 2 amide bonds. The summed E-state index contributed by atoms with van der Waals surface area (Å²) in [5.74, 6) is -0.921. The number of amides is 2. The average Bonchev–Trinajstić information content (AvgIpc) is 2.70. The van der Waals surface area contributed by atoms with E-state index in [1.54, 1.807) is 48.5 Å². The van der Waals surface area contributed by atoms with Gasteiger partial charge in [0.25, 0.3) is 11.8 Å². The third-order valence-corrected chi connectivity index (χ3v) is 4.74. The van der Waals surface area contributed by atoms with Gasteiger partial charge in [0.2, 0.25) is 0 Å². The smallest absolute Gasteiger partial charge is 0.338 e. The van der Waals surface area contributed by atoms with E-state index in [1.807, 2.05) is 0 Å². The van der Waals surface area contributed by atoms with Crippen LogP contribution in [0.4, 0.5) is 5.69 Å². The van der Waals surface area contributed by atoms with Gasteiger partial charge in [0.05, 0.1) is 17.8 Å². The lowest BCUT2D eigenvalue weighted by Gasteiger charge is -2.33. The van der Waals surface area contributed by atoms with Crippen LogP contribution in [0.5, 0.6) is 5.75 Å². The summed E-state index contributed by atoms with van der Waals surface area (Å²) in [5.41, 5.74) is 0.904. The van der Waals surface area contributed by atoms with Crippen LogP contribution in [0.3, 0.4) is 0 Å². The fourth-order valence-corrected chi connectivity index (χ4v) is 3.00. The highest BCUT2D eigenvalue weighted by Gasteiger charge is 2.33. The minimum absolute atomic E-state index is 0.0383. The van der Waals surface area contributed by atoms with E-state index >= 15 is 0 Å². The molecule has 2 aromatic rings. The number of carbonyl (C=O) groups is 3. The maximum Gasteiger partial charge on any atom is 0.338 e. The van der Waals surface area contributed by atoms with Crippen LogP contribution in [-0.2, 0) is 14.3 Å². The van der Waals surface area contributed by atoms with Gasteiger partial charge in [0.1, 0.15) is 5.75 Å². The molecule has 0 aromatic heterocycles. The number of esters is 1. The van der Waals surface area contributed by atoms with Crippen LogP contribution in [0.1, 0.15) is 10.4 Å². The Balaban J connectivity index is 1.72. The van der Waals surface area contributed by atoms with E-state index < -0.39 is 24.6 Å². The van der Waals surface area contributed by atoms with Crippen LogP contribution in [-0.4, -0.2) is 44.1 Å². The number of hydrogen-bond donors (Lipinski definition) is 1. The highest BCUT2D eigenvalue weighted by molar-refractivity contribution is 14.1. The summed E-state index contributed by atoms with van der Waals surface area (Å²) >= 11 is 2.13. The first kappa shape index (κ1) is 19.2. The molecule has 1 aliphatic rings. The topological polar surface area (TPSA) is 84.9 Å². The lowest BCUT2D eigenvalue weighted by molar-refractivity contribution is -0.128. The van der Waals surface area contributed by atoms with Crippen LogP contribution < -0.4 is 15.0 Å². The zero-order valence-corrected chi connectivity index (χ0v) is 16.6. The fourth-order valence-electron chi connectivity index (χ4n) is 2.64. The molecule has 2 aromatic carbocycles. The Labute approximate surface area is 169 Å². The molecular weight excluding hydrogens is 463 g/mol. The Kier molecular flexibility index (Phi) is 5.94. The van der Waals surface area contributed by atoms with Gasteiger partial charge in [-0.05, 0) is 59.0 Å². The predicted octanol–water partition coefficient (Wildman–Crippen LogP) is 1.99. The number of benzene rings is 2. The first-order valence-corrected chi connectivity index (χ1v) is 9.28. The van der Waals surface area contributed by atoms with E-state index in [1.165, 1.54) is 11.9 Å². The van der Waals surface area contributed by atoms with Gasteiger partial charge < -0.3 is 19.7 Å². The monoisotopic (exact) mass is 480 g/mol. The average molecular weight is 480 g/mol. The van der Waals surface area contributed by atoms with Gasteiger partial charge in [-0.3, -0.25) is 9.59 Å². The molecule has 1 unspecified atom stereocenters. The molecule has 140 valence electrons. The van der Waals surface area contributed by atoms with Gasteiger partial charge in [-0.2, -0.15) is 0 Å². The predicted molar refractivity (Wildman–Crippen MR) is 107 cm³/mol. The van der Waals surface area contributed by atoms with E-state index in [-0.39, 0.29) is 12.5 Å². The van der Waals surface area contributed by atoms with Crippen molar-refractivity contribution in [1.82, 2.24) is 5.32 Å². The first-order valence-electron chi connectivity index (χ1n) is 8.20. The molecule has 0 saturated heterocycles. The van der Waals surface area contributed by atoms with Gasteiger partial charge in [-0.1, -0.05) is 12.1 Å². The minimum atomic E-state index is -0.833. The molecular formula is C19H17IN2O5. The van der Waals surface area contributed by atoms with Crippen LogP contribution in [0, 0.1) is 3.57 Å². The number of fused-ring (bicyclic) bond motifs is 1. The summed E-state index contributed by atoms with van der Waals surface area (Å²) in [7, 11) is 1.50. The number of halogens is 1. The molecule has 0 radical (unpaired) electrons. The number of nitrogens with zero attached hydrogens (tertiary/aromatic N) is 1. The molecule has 1 N–H and O–H groups in total. The van der Waals surface area contributed by atoms with Crippen molar-refractivity contribution in [1.29, 1.82) is 0 Å². The third-order valence-electron chi connectivity index (χ3n) is 4.02. The maximum absolute atomic E-state index is 12.7. The number of ether oxygens (including phenoxy) is 2. The van der Waals surface area contributed by atoms with Crippen molar-refractivity contribution < 1.29 is 23.9 Å². The van der Waals surface area contributed by atoms with Gasteiger partial charge in [0, 0.05) is 10.6 Å². The number of rotatable bonds is 4. The normalized spacial score (nSPS) is 15.3. The second-order valence-corrected chi connectivity index (χ2v) is 7.02. The zero-order chi connectivity index (χ0) is 19.4. The molecule has 8 heteroatoms. The van der Waals surface area contributed by atoms with Gasteiger partial charge >= 0.3 is 5.97 Å². The summed E-state index contributed by atoms with van der Waals surface area (Å²) in [6.45, 7) is -0.393. The molecule has 7 nitrogen and oxygen atoms in total. The summed E-state index contributed by atoms with van der Waals surface area (Å²) in [6.07, 6.45) is -0.833. The van der Waals surface area contributed by atoms with Crippen molar-refractivity contribution >= 4 is 46.1 Å².